The van der Waals surface area contributed by atoms with Gasteiger partial charge < -0.3 is 0 Å². The van der Waals surface area contributed by atoms with Crippen molar-refractivity contribution in [1.29, 1.82) is 0 Å². The summed E-state index contributed by atoms with van der Waals surface area (Å²) in [6.45, 7) is 0. The smallest absolute Gasteiger partial charge is 0.264 e. The van der Waals surface area contributed by atoms with E-state index >= 15 is 0 Å². The van der Waals surface area contributed by atoms with E-state index in [0.29, 0.717) is 9.59 Å². The molecule has 0 radical (unpaired) electrons. The number of hydrogen-bond acceptors (Lipinski definition) is 4. The second kappa shape index (κ2) is 6.14. The van der Waals surface area contributed by atoms with E-state index in [2.05, 4.69) is 0 Å². The van der Waals surface area contributed by atoms with Gasteiger partial charge in [0, 0.05) is 0 Å². The van der Waals surface area contributed by atoms with Crippen molar-refractivity contribution >= 4 is 44.1 Å². The Hall–Kier alpha value is -0.440. The van der Waals surface area contributed by atoms with Crippen molar-refractivity contribution in [3.05, 3.63) is 29.3 Å². The van der Waals surface area contributed by atoms with Crippen LogP contribution in [0.25, 0.3) is 0 Å². The normalized spacial score (nSPS) is 17.8. The molecule has 2 rings (SSSR count). The van der Waals surface area contributed by atoms with Crippen molar-refractivity contribution in [1.82, 2.24) is 0 Å². The molecule has 1 aliphatic rings. The van der Waals surface area contributed by atoms with Crippen LogP contribution in [0, 0.1) is 0 Å². The molecule has 1 aromatic carbocycles. The van der Waals surface area contributed by atoms with E-state index in [9.17, 15) is 4.79 Å². The molecule has 0 aliphatic heterocycles. The van der Waals surface area contributed by atoms with Gasteiger partial charge in [-0.25, -0.2) is 0 Å². The first-order valence-corrected chi connectivity index (χ1v) is 7.68. The molecule has 0 fully saturated rings. The number of benzene rings is 1. The third-order valence-electron chi connectivity index (χ3n) is 2.58. The maximum Gasteiger partial charge on any atom is 0.394 e. The van der Waals surface area contributed by atoms with Crippen LogP contribution in [0.15, 0.2) is 18.2 Å². The molecule has 0 aromatic heterocycles. The van der Waals surface area contributed by atoms with Gasteiger partial charge in [-0.2, -0.15) is 8.42 Å². The monoisotopic (exact) mass is 282 g/mol. The largest absolute Gasteiger partial charge is 0.394 e. The van der Waals surface area contributed by atoms with Crippen LogP contribution in [0.2, 0.25) is 0 Å². The molecular weight excluding hydrogens is 271 g/mol. The average Bonchev–Trinajstić information content (AvgIpc) is 2.52. The summed E-state index contributed by atoms with van der Waals surface area (Å²) in [5.41, 5.74) is 2.09. The van der Waals surface area contributed by atoms with Gasteiger partial charge in [0.25, 0.3) is 0 Å². The molecule has 6 nitrogen and oxygen atoms in total. The van der Waals surface area contributed by atoms with Crippen molar-refractivity contribution in [3.63, 3.8) is 0 Å². The van der Waals surface area contributed by atoms with Gasteiger partial charge in [-0.15, -0.1) is 0 Å². The van der Waals surface area contributed by atoms with Crippen molar-refractivity contribution in [2.75, 3.05) is 7.11 Å². The van der Waals surface area contributed by atoms with Crippen molar-refractivity contribution in [2.24, 2.45) is 0 Å². The maximum absolute atomic E-state index is 11.5. The zero-order valence-electron chi connectivity index (χ0n) is 9.95. The molecule has 0 heterocycles. The first kappa shape index (κ1) is 15.6. The number of hydrogen-bond donors (Lipinski definition) is 2. The van der Waals surface area contributed by atoms with Crippen LogP contribution in [0.1, 0.15) is 25.5 Å². The molecule has 1 aliphatic carbocycles. The van der Waals surface area contributed by atoms with Gasteiger partial charge in [0.2, 0.25) is 0 Å². The molecule has 18 heavy (non-hydrogen) atoms. The number of carbonyl (C=O) groups is 1. The van der Waals surface area contributed by atoms with Crippen molar-refractivity contribution in [2.45, 2.75) is 9.59 Å². The zero-order chi connectivity index (χ0) is 13.9. The third kappa shape index (κ3) is 4.68. The van der Waals surface area contributed by atoms with Gasteiger partial charge in [0.05, 0.1) is 0 Å². The fourth-order valence-electron chi connectivity index (χ4n) is 1.83. The summed E-state index contributed by atoms with van der Waals surface area (Å²) in [6, 6.07) is 5.81. The van der Waals surface area contributed by atoms with Crippen LogP contribution in [-0.4, -0.2) is 58.3 Å². The van der Waals surface area contributed by atoms with Crippen molar-refractivity contribution in [3.8, 4) is 5.75 Å². The van der Waals surface area contributed by atoms with Crippen molar-refractivity contribution < 1.29 is 27.1 Å². The first-order valence-electron chi connectivity index (χ1n) is 5.13. The van der Waals surface area contributed by atoms with E-state index in [-0.39, 0.29) is 5.78 Å². The van der Waals surface area contributed by atoms with E-state index < -0.39 is 10.4 Å². The number of carbonyl (C=O) groups excluding carboxylic acids is 1. The van der Waals surface area contributed by atoms with Crippen LogP contribution in [-0.2, 0) is 10.4 Å². The zero-order valence-corrected chi connectivity index (χ0v) is 12.8. The Balaban J connectivity index is 0.000000280. The molecule has 0 saturated heterocycles. The minimum Gasteiger partial charge on any atom is -0.264 e. The number of fused-ring (bicyclic) bond motifs is 1. The number of ketones is 1. The molecule has 1 unspecified atom stereocenters. The van der Waals surface area contributed by atoms with Crippen LogP contribution < -0.4 is 4.74 Å². The van der Waals surface area contributed by atoms with E-state index in [1.165, 1.54) is 5.56 Å². The van der Waals surface area contributed by atoms with Gasteiger partial charge in [-0.3, -0.25) is 9.11 Å². The fraction of sp³-hybridized carbons (Fsp3) is 0.300. The second-order valence-electron chi connectivity index (χ2n) is 3.93. The van der Waals surface area contributed by atoms with Gasteiger partial charge in [-0.05, 0) is 0 Å². The third-order valence-corrected chi connectivity index (χ3v) is 3.61. The molecular formula is C10H11NaO6S. The Morgan fingerprint density at radius 2 is 1.94 bits per heavy atom. The Morgan fingerprint density at radius 1 is 1.39 bits per heavy atom. The number of ether oxygens (including phenoxy) is 1. The Morgan fingerprint density at radius 3 is 2.44 bits per heavy atom. The molecule has 8 heteroatoms. The van der Waals surface area contributed by atoms with Gasteiger partial charge in [0.15, 0.2) is 0 Å². The van der Waals surface area contributed by atoms with Crippen LogP contribution in [0.5, 0.6) is 5.75 Å². The number of Topliss-reactive ketones (excluding diaryl/α,β-unsaturated/α-hetero) is 1. The van der Waals surface area contributed by atoms with Crippen LogP contribution >= 0.6 is 0 Å². The molecule has 94 valence electrons. The molecule has 0 amide bonds. The quantitative estimate of drug-likeness (QED) is 0.584. The summed E-state index contributed by atoms with van der Waals surface area (Å²) in [4.78, 5) is 11.5. The number of rotatable bonds is 1. The standard InChI is InChI=1S/C10H9O2.Na.H2O4S/c1-12-8-4-2-7-3-5-10(11)9(7)6-8;;1-5(2,3)4/h2-4,6H,5H2,1H3;;(H2,1,2,3,4). The van der Waals surface area contributed by atoms with E-state index in [4.69, 9.17) is 22.3 Å². The summed E-state index contributed by atoms with van der Waals surface area (Å²) >= 11 is 1.06. The van der Waals surface area contributed by atoms with E-state index in [1.54, 1.807) is 7.11 Å². The minimum atomic E-state index is -4.67. The van der Waals surface area contributed by atoms with E-state index in [0.717, 1.165) is 39.2 Å². The van der Waals surface area contributed by atoms with E-state index in [1.807, 2.05) is 18.2 Å². The van der Waals surface area contributed by atoms with Crippen LogP contribution in [0.4, 0.5) is 0 Å². The first-order chi connectivity index (χ1) is 8.22. The van der Waals surface area contributed by atoms with Gasteiger partial charge in [-0.1, -0.05) is 0 Å². The summed E-state index contributed by atoms with van der Waals surface area (Å²) in [7, 11) is -3.04. The van der Waals surface area contributed by atoms with Gasteiger partial charge in [0.1, 0.15) is 0 Å². The molecule has 1 aromatic rings. The maximum atomic E-state index is 11.5. The van der Waals surface area contributed by atoms with Gasteiger partial charge >= 0.3 is 105 Å². The Kier molecular flexibility index (Phi) is 5.32. The predicted octanol–water partition coefficient (Wildman–Crippen LogP) is 0.838. The fourth-order valence-corrected chi connectivity index (χ4v) is 2.71. The predicted molar refractivity (Wildman–Crippen MR) is 64.6 cm³/mol. The molecule has 1 atom stereocenters. The molecule has 0 spiro atoms. The minimum absolute atomic E-state index is 0.272. The molecule has 2 N–H and O–H groups in total. The summed E-state index contributed by atoms with van der Waals surface area (Å²) in [5, 5.41) is 0. The topological polar surface area (TPSA) is 101 Å². The summed E-state index contributed by atoms with van der Waals surface area (Å²) in [6.07, 6.45) is 0.703. The second-order valence-corrected chi connectivity index (χ2v) is 6.22. The molecule has 0 bridgehead atoms. The average molecular weight is 282 g/mol. The Labute approximate surface area is 122 Å². The SMILES string of the molecule is COc1ccc2c(c1)C(=O)C[CH]2[Na].O=S(=O)(O)O. The number of methoxy groups -OCH3 is 1. The summed E-state index contributed by atoms with van der Waals surface area (Å²) < 4.78 is 37.2. The molecule has 0 saturated carbocycles. The Bertz CT molecular complexity index is 545. The van der Waals surface area contributed by atoms with Crippen LogP contribution in [0.3, 0.4) is 0 Å². The summed E-state index contributed by atoms with van der Waals surface area (Å²) in [5.74, 6) is 1.05.